The Kier molecular flexibility index (Phi) is 16.8. The normalized spacial score (nSPS) is 15.8. The van der Waals surface area contributed by atoms with Gasteiger partial charge in [-0.1, -0.05) is 73.7 Å². The number of benzene rings is 1. The van der Waals surface area contributed by atoms with Crippen LogP contribution < -0.4 is 10.2 Å². The van der Waals surface area contributed by atoms with E-state index in [2.05, 4.69) is 47.4 Å². The zero-order valence-corrected chi connectivity index (χ0v) is 28.0. The Bertz CT molecular complexity index is 1210. The maximum Gasteiger partial charge on any atom is 0.324 e. The first-order valence-corrected chi connectivity index (χ1v) is 15.1. The van der Waals surface area contributed by atoms with Gasteiger partial charge in [0.2, 0.25) is 6.79 Å². The molecule has 1 aliphatic rings. The van der Waals surface area contributed by atoms with Crippen molar-refractivity contribution in [1.82, 2.24) is 20.5 Å². The van der Waals surface area contributed by atoms with Gasteiger partial charge in [-0.05, 0) is 90.1 Å². The Morgan fingerprint density at radius 3 is 2.53 bits per heavy atom. The van der Waals surface area contributed by atoms with Gasteiger partial charge in [-0.15, -0.1) is 11.7 Å². The van der Waals surface area contributed by atoms with Crippen molar-refractivity contribution in [2.24, 2.45) is 5.92 Å². The highest BCUT2D eigenvalue weighted by Crippen LogP contribution is 2.28. The third-order valence-corrected chi connectivity index (χ3v) is 6.27. The smallest absolute Gasteiger partial charge is 0.324 e. The van der Waals surface area contributed by atoms with Gasteiger partial charge in [0.1, 0.15) is 22.7 Å². The van der Waals surface area contributed by atoms with E-state index in [1.807, 2.05) is 92.7 Å². The molecule has 9 heteroatoms. The van der Waals surface area contributed by atoms with Crippen molar-refractivity contribution in [1.29, 1.82) is 0 Å². The van der Waals surface area contributed by atoms with Crippen LogP contribution in [0.15, 0.2) is 72.4 Å². The number of carbonyl (C=O) groups is 1. The number of para-hydroxylation sites is 1. The molecule has 1 N–H and O–H groups in total. The fourth-order valence-corrected chi connectivity index (χ4v) is 3.82. The number of hydrogen-bond acceptors (Lipinski definition) is 8. The predicted molar refractivity (Wildman–Crippen MR) is 174 cm³/mol. The largest absolute Gasteiger partial charge is 0.454 e. The third-order valence-electron chi connectivity index (χ3n) is 6.27. The Morgan fingerprint density at radius 1 is 1.21 bits per heavy atom. The number of nitrogens with zero attached hydrogens (tertiary/aromatic N) is 3. The molecule has 1 aliphatic carbocycles. The lowest BCUT2D eigenvalue weighted by Gasteiger charge is -2.31. The molecule has 2 atom stereocenters. The maximum atomic E-state index is 12.9. The molecule has 0 radical (unpaired) electrons. The number of esters is 1. The van der Waals surface area contributed by atoms with Crippen LogP contribution in [-0.2, 0) is 19.0 Å². The molecule has 9 nitrogen and oxygen atoms in total. The Hall–Kier alpha value is -3.27. The SMILES string of the molecule is C/C=C(\C)C[C@@H](NCOC(C)(C)C)C(=O)OC(C)(C)C1=CC(C)CC=C1.C=CCOCOn1nnc2ccccc21.CC. The topological polar surface area (TPSA) is 96.7 Å². The standard InChI is InChI=1S/C22H37NO3.C10H11N3O2.C2H6/c1-9-16(2)14-19(23-15-25-21(4,5)6)20(24)26-22(7,8)18-12-10-11-17(3)13-18;1-2-7-14-8-15-13-10-6-4-3-5-9(10)11-12-13;1-2/h9-10,12-13,17,19,23H,11,14-15H2,1-8H3;2-6H,1,7-8H2;1-2H3/b16-9+;;/t17?,19-;;/m1../s1. The molecule has 0 aliphatic heterocycles. The molecule has 3 rings (SSSR count). The van der Waals surface area contributed by atoms with Crippen LogP contribution in [0.2, 0.25) is 0 Å². The van der Waals surface area contributed by atoms with E-state index < -0.39 is 11.6 Å². The molecule has 0 fully saturated rings. The van der Waals surface area contributed by atoms with Crippen LogP contribution in [0.5, 0.6) is 0 Å². The summed E-state index contributed by atoms with van der Waals surface area (Å²) in [5, 5.41) is 11.0. The summed E-state index contributed by atoms with van der Waals surface area (Å²) in [4.78, 5) is 19.5. The van der Waals surface area contributed by atoms with Crippen LogP contribution in [0.3, 0.4) is 0 Å². The summed E-state index contributed by atoms with van der Waals surface area (Å²) < 4.78 is 16.7. The van der Waals surface area contributed by atoms with E-state index in [0.29, 0.717) is 25.7 Å². The zero-order valence-electron chi connectivity index (χ0n) is 28.0. The molecular formula is C34H54N4O5. The lowest BCUT2D eigenvalue weighted by molar-refractivity contribution is -0.156. The minimum atomic E-state index is -0.656. The first-order valence-electron chi connectivity index (χ1n) is 15.1. The first kappa shape index (κ1) is 37.8. The van der Waals surface area contributed by atoms with Crippen LogP contribution in [0.1, 0.15) is 82.1 Å². The second-order valence-electron chi connectivity index (χ2n) is 11.5. The molecule has 0 bridgehead atoms. The molecule has 0 spiro atoms. The molecule has 1 aromatic carbocycles. The van der Waals surface area contributed by atoms with Gasteiger partial charge in [0, 0.05) is 0 Å². The van der Waals surface area contributed by atoms with Crippen LogP contribution in [-0.4, -0.2) is 58.5 Å². The lowest BCUT2D eigenvalue weighted by atomic mass is 9.88. The molecule has 1 aromatic heterocycles. The highest BCUT2D eigenvalue weighted by atomic mass is 16.8. The summed E-state index contributed by atoms with van der Waals surface area (Å²) in [5.74, 6) is 0.216. The lowest BCUT2D eigenvalue weighted by Crippen LogP contribution is -2.44. The molecule has 240 valence electrons. The van der Waals surface area contributed by atoms with Crippen LogP contribution in [0, 0.1) is 5.92 Å². The van der Waals surface area contributed by atoms with Gasteiger partial charge in [0.15, 0.2) is 0 Å². The fraction of sp³-hybridized carbons (Fsp3) is 0.559. The molecule has 1 unspecified atom stereocenters. The summed E-state index contributed by atoms with van der Waals surface area (Å²) in [6, 6.07) is 7.11. The van der Waals surface area contributed by atoms with Crippen molar-refractivity contribution in [2.75, 3.05) is 20.1 Å². The Morgan fingerprint density at radius 2 is 1.91 bits per heavy atom. The second kappa shape index (κ2) is 19.1. The molecule has 1 heterocycles. The quantitative estimate of drug-likeness (QED) is 0.114. The number of ether oxygens (including phenoxy) is 3. The minimum Gasteiger partial charge on any atom is -0.454 e. The monoisotopic (exact) mass is 598 g/mol. The van der Waals surface area contributed by atoms with Gasteiger partial charge in [-0.3, -0.25) is 10.1 Å². The number of rotatable bonds is 13. The van der Waals surface area contributed by atoms with Gasteiger partial charge in [0.25, 0.3) is 0 Å². The van der Waals surface area contributed by atoms with Crippen molar-refractivity contribution in [2.45, 2.75) is 99.3 Å². The Labute approximate surface area is 258 Å². The maximum absolute atomic E-state index is 12.9. The van der Waals surface area contributed by atoms with Crippen molar-refractivity contribution in [3.05, 3.63) is 72.4 Å². The summed E-state index contributed by atoms with van der Waals surface area (Å²) in [6.45, 7) is 24.5. The van der Waals surface area contributed by atoms with Gasteiger partial charge >= 0.3 is 5.97 Å². The van der Waals surface area contributed by atoms with Crippen molar-refractivity contribution in [3.8, 4) is 0 Å². The van der Waals surface area contributed by atoms with Gasteiger partial charge in [0.05, 0.1) is 18.9 Å². The molecule has 2 aromatic rings. The molecule has 43 heavy (non-hydrogen) atoms. The van der Waals surface area contributed by atoms with E-state index in [0.717, 1.165) is 28.6 Å². The highest BCUT2D eigenvalue weighted by molar-refractivity contribution is 5.77. The Balaban J connectivity index is 0.000000457. The van der Waals surface area contributed by atoms with Crippen molar-refractivity contribution >= 4 is 17.0 Å². The third kappa shape index (κ3) is 14.2. The van der Waals surface area contributed by atoms with E-state index in [-0.39, 0.29) is 18.4 Å². The van der Waals surface area contributed by atoms with Crippen LogP contribution in [0.25, 0.3) is 11.0 Å². The molecule has 0 amide bonds. The van der Waals surface area contributed by atoms with Crippen molar-refractivity contribution < 1.29 is 23.8 Å². The average Bonchev–Trinajstić information content (AvgIpc) is 3.38. The van der Waals surface area contributed by atoms with Gasteiger partial charge < -0.3 is 19.0 Å². The number of allylic oxidation sites excluding steroid dienone is 3. The van der Waals surface area contributed by atoms with E-state index in [4.69, 9.17) is 19.0 Å². The van der Waals surface area contributed by atoms with Gasteiger partial charge in [-0.2, -0.15) is 0 Å². The number of carbonyl (C=O) groups excluding carboxylic acids is 1. The summed E-state index contributed by atoms with van der Waals surface area (Å²) in [6.07, 6.45) is 11.7. The summed E-state index contributed by atoms with van der Waals surface area (Å²) in [5.41, 5.74) is 2.89. The first-order chi connectivity index (χ1) is 20.4. The number of fused-ring (bicyclic) bond motifs is 1. The van der Waals surface area contributed by atoms with Crippen molar-refractivity contribution in [3.63, 3.8) is 0 Å². The fourth-order valence-electron chi connectivity index (χ4n) is 3.82. The predicted octanol–water partition coefficient (Wildman–Crippen LogP) is 6.96. The van der Waals surface area contributed by atoms with E-state index in [1.54, 1.807) is 6.08 Å². The number of hydrogen-bond donors (Lipinski definition) is 1. The van der Waals surface area contributed by atoms with E-state index in [1.165, 1.54) is 4.85 Å². The van der Waals surface area contributed by atoms with Crippen LogP contribution >= 0.6 is 0 Å². The van der Waals surface area contributed by atoms with E-state index in [9.17, 15) is 4.79 Å². The molecular weight excluding hydrogens is 544 g/mol. The van der Waals surface area contributed by atoms with E-state index >= 15 is 0 Å². The molecule has 0 saturated carbocycles. The number of nitrogens with one attached hydrogen (secondary N) is 1. The second-order valence-corrected chi connectivity index (χ2v) is 11.5. The number of aromatic nitrogens is 3. The minimum absolute atomic E-state index is 0.124. The summed E-state index contributed by atoms with van der Waals surface area (Å²) in [7, 11) is 0. The highest BCUT2D eigenvalue weighted by Gasteiger charge is 2.31. The van der Waals surface area contributed by atoms with Gasteiger partial charge in [-0.25, -0.2) is 0 Å². The van der Waals surface area contributed by atoms with Crippen LogP contribution in [0.4, 0.5) is 0 Å². The average molecular weight is 599 g/mol. The zero-order chi connectivity index (χ0) is 32.5. The summed E-state index contributed by atoms with van der Waals surface area (Å²) >= 11 is 0. The molecule has 0 saturated heterocycles.